The van der Waals surface area contributed by atoms with Crippen molar-refractivity contribution in [3.8, 4) is 0 Å². The lowest BCUT2D eigenvalue weighted by molar-refractivity contribution is -0.114. The number of amides is 1. The third-order valence-electron chi connectivity index (χ3n) is 2.60. The van der Waals surface area contributed by atoms with Crippen LogP contribution in [0.3, 0.4) is 0 Å². The largest absolute Gasteiger partial charge is 0.381 e. The summed E-state index contributed by atoms with van der Waals surface area (Å²) in [4.78, 5) is 11.0. The highest BCUT2D eigenvalue weighted by atomic mass is 19.1. The monoisotopic (exact) mass is 276 g/mol. The van der Waals surface area contributed by atoms with Gasteiger partial charge < -0.3 is 10.6 Å². The van der Waals surface area contributed by atoms with Crippen LogP contribution in [-0.4, -0.2) is 5.91 Å². The molecule has 0 saturated heterocycles. The van der Waals surface area contributed by atoms with Crippen molar-refractivity contribution in [3.05, 3.63) is 59.7 Å². The zero-order valence-electron chi connectivity index (χ0n) is 10.9. The Hall–Kier alpha value is -2.43. The van der Waals surface area contributed by atoms with Crippen LogP contribution in [0.1, 0.15) is 12.5 Å². The molecule has 0 radical (unpaired) electrons. The molecule has 0 aliphatic carbocycles. The Labute approximate surface area is 115 Å². The summed E-state index contributed by atoms with van der Waals surface area (Å²) in [5.41, 5.74) is 1.92. The number of hydrogen-bond acceptors (Lipinski definition) is 2. The molecule has 104 valence electrons. The SMILES string of the molecule is CC(=O)Nc1cccc(NCc2cc(F)cc(F)c2)c1. The van der Waals surface area contributed by atoms with Gasteiger partial charge in [-0.3, -0.25) is 4.79 Å². The molecule has 0 bridgehead atoms. The fraction of sp³-hybridized carbons (Fsp3) is 0.133. The van der Waals surface area contributed by atoms with Crippen LogP contribution in [0.15, 0.2) is 42.5 Å². The minimum absolute atomic E-state index is 0.158. The van der Waals surface area contributed by atoms with Crippen LogP contribution in [0.5, 0.6) is 0 Å². The number of hydrogen-bond donors (Lipinski definition) is 2. The van der Waals surface area contributed by atoms with Crippen LogP contribution in [-0.2, 0) is 11.3 Å². The summed E-state index contributed by atoms with van der Waals surface area (Å²) in [7, 11) is 0. The number of halogens is 2. The van der Waals surface area contributed by atoms with E-state index >= 15 is 0 Å². The maximum atomic E-state index is 13.0. The topological polar surface area (TPSA) is 41.1 Å². The molecule has 0 heterocycles. The summed E-state index contributed by atoms with van der Waals surface area (Å²) >= 11 is 0. The van der Waals surface area contributed by atoms with E-state index in [1.165, 1.54) is 19.1 Å². The molecule has 0 aliphatic rings. The molecule has 5 heteroatoms. The van der Waals surface area contributed by atoms with Crippen molar-refractivity contribution in [2.75, 3.05) is 10.6 Å². The molecule has 2 rings (SSSR count). The molecule has 2 aromatic carbocycles. The predicted octanol–water partition coefficient (Wildman–Crippen LogP) is 3.54. The van der Waals surface area contributed by atoms with Crippen LogP contribution < -0.4 is 10.6 Å². The standard InChI is InChI=1S/C15H14F2N2O/c1-10(20)19-15-4-2-3-14(8-15)18-9-11-5-12(16)7-13(17)6-11/h2-8,18H,9H2,1H3,(H,19,20). The Balaban J connectivity index is 2.05. The Morgan fingerprint density at radius 1 is 1.05 bits per heavy atom. The highest BCUT2D eigenvalue weighted by Gasteiger charge is 2.02. The number of rotatable bonds is 4. The lowest BCUT2D eigenvalue weighted by Crippen LogP contribution is -2.06. The number of anilines is 2. The van der Waals surface area contributed by atoms with Gasteiger partial charge in [-0.2, -0.15) is 0 Å². The third-order valence-corrected chi connectivity index (χ3v) is 2.60. The predicted molar refractivity (Wildman–Crippen MR) is 74.4 cm³/mol. The van der Waals surface area contributed by atoms with Gasteiger partial charge in [0.2, 0.25) is 5.91 Å². The summed E-state index contributed by atoms with van der Waals surface area (Å²) in [6.07, 6.45) is 0. The van der Waals surface area contributed by atoms with Crippen LogP contribution >= 0.6 is 0 Å². The average molecular weight is 276 g/mol. The van der Waals surface area contributed by atoms with Gasteiger partial charge in [0.25, 0.3) is 0 Å². The fourth-order valence-electron chi connectivity index (χ4n) is 1.83. The van der Waals surface area contributed by atoms with Gasteiger partial charge in [0.05, 0.1) is 0 Å². The third kappa shape index (κ3) is 4.05. The second kappa shape index (κ2) is 6.14. The highest BCUT2D eigenvalue weighted by molar-refractivity contribution is 5.89. The van der Waals surface area contributed by atoms with Gasteiger partial charge in [0.1, 0.15) is 11.6 Å². The maximum absolute atomic E-state index is 13.0. The number of benzene rings is 2. The molecule has 3 nitrogen and oxygen atoms in total. The Morgan fingerprint density at radius 2 is 1.70 bits per heavy atom. The van der Waals surface area contributed by atoms with Crippen molar-refractivity contribution in [1.82, 2.24) is 0 Å². The lowest BCUT2D eigenvalue weighted by Gasteiger charge is -2.09. The lowest BCUT2D eigenvalue weighted by atomic mass is 10.2. The van der Waals surface area contributed by atoms with Crippen LogP contribution in [0.4, 0.5) is 20.2 Å². The van der Waals surface area contributed by atoms with Gasteiger partial charge in [-0.05, 0) is 35.9 Å². The van der Waals surface area contributed by atoms with Crippen molar-refractivity contribution >= 4 is 17.3 Å². The van der Waals surface area contributed by atoms with E-state index in [2.05, 4.69) is 10.6 Å². The molecular formula is C15H14F2N2O. The first-order chi connectivity index (χ1) is 9.52. The van der Waals surface area contributed by atoms with Gasteiger partial charge >= 0.3 is 0 Å². The van der Waals surface area contributed by atoms with Gasteiger partial charge in [0, 0.05) is 30.9 Å². The number of nitrogens with one attached hydrogen (secondary N) is 2. The minimum Gasteiger partial charge on any atom is -0.381 e. The maximum Gasteiger partial charge on any atom is 0.221 e. The van der Waals surface area contributed by atoms with Crippen LogP contribution in [0.25, 0.3) is 0 Å². The van der Waals surface area contributed by atoms with E-state index in [1.54, 1.807) is 24.3 Å². The molecule has 0 aromatic heterocycles. The second-order valence-electron chi connectivity index (χ2n) is 4.39. The molecule has 0 saturated carbocycles. The molecule has 0 spiro atoms. The molecule has 0 aliphatic heterocycles. The molecule has 0 fully saturated rings. The van der Waals surface area contributed by atoms with Crippen LogP contribution in [0.2, 0.25) is 0 Å². The molecule has 2 N–H and O–H groups in total. The van der Waals surface area contributed by atoms with E-state index in [4.69, 9.17) is 0 Å². The summed E-state index contributed by atoms with van der Waals surface area (Å²) in [6.45, 7) is 1.72. The van der Waals surface area contributed by atoms with Crippen LogP contribution in [0, 0.1) is 11.6 Å². The zero-order valence-corrected chi connectivity index (χ0v) is 10.9. The summed E-state index contributed by atoms with van der Waals surface area (Å²) in [6, 6.07) is 10.5. The molecule has 2 aromatic rings. The van der Waals surface area contributed by atoms with E-state index in [9.17, 15) is 13.6 Å². The van der Waals surface area contributed by atoms with E-state index in [0.29, 0.717) is 11.3 Å². The van der Waals surface area contributed by atoms with Crippen molar-refractivity contribution in [1.29, 1.82) is 0 Å². The van der Waals surface area contributed by atoms with E-state index in [0.717, 1.165) is 11.8 Å². The average Bonchev–Trinajstić information content (AvgIpc) is 2.35. The van der Waals surface area contributed by atoms with E-state index < -0.39 is 11.6 Å². The Bertz CT molecular complexity index is 609. The van der Waals surface area contributed by atoms with Gasteiger partial charge in [-0.15, -0.1) is 0 Å². The van der Waals surface area contributed by atoms with E-state index in [1.807, 2.05) is 0 Å². The second-order valence-corrected chi connectivity index (χ2v) is 4.39. The fourth-order valence-corrected chi connectivity index (χ4v) is 1.83. The molecule has 20 heavy (non-hydrogen) atoms. The normalized spacial score (nSPS) is 10.2. The summed E-state index contributed by atoms with van der Waals surface area (Å²) < 4.78 is 26.1. The minimum atomic E-state index is -0.603. The van der Waals surface area contributed by atoms with Gasteiger partial charge in [0.15, 0.2) is 0 Å². The van der Waals surface area contributed by atoms with Crippen molar-refractivity contribution in [2.45, 2.75) is 13.5 Å². The zero-order chi connectivity index (χ0) is 14.5. The first-order valence-corrected chi connectivity index (χ1v) is 6.09. The smallest absolute Gasteiger partial charge is 0.221 e. The summed E-state index contributed by atoms with van der Waals surface area (Å²) in [5, 5.41) is 5.71. The number of carbonyl (C=O) groups is 1. The van der Waals surface area contributed by atoms with Crippen molar-refractivity contribution < 1.29 is 13.6 Å². The van der Waals surface area contributed by atoms with Gasteiger partial charge in [-0.25, -0.2) is 8.78 Å². The number of carbonyl (C=O) groups excluding carboxylic acids is 1. The summed E-state index contributed by atoms with van der Waals surface area (Å²) in [5.74, 6) is -1.36. The first kappa shape index (κ1) is 14.0. The Morgan fingerprint density at radius 3 is 2.35 bits per heavy atom. The molecular weight excluding hydrogens is 262 g/mol. The van der Waals surface area contributed by atoms with E-state index in [-0.39, 0.29) is 12.5 Å². The van der Waals surface area contributed by atoms with Crippen molar-refractivity contribution in [2.24, 2.45) is 0 Å². The van der Waals surface area contributed by atoms with Gasteiger partial charge in [-0.1, -0.05) is 6.07 Å². The Kier molecular flexibility index (Phi) is 4.30. The molecule has 1 amide bonds. The molecule has 0 atom stereocenters. The first-order valence-electron chi connectivity index (χ1n) is 6.09. The van der Waals surface area contributed by atoms with Crippen molar-refractivity contribution in [3.63, 3.8) is 0 Å². The highest BCUT2D eigenvalue weighted by Crippen LogP contribution is 2.16. The quantitative estimate of drug-likeness (QED) is 0.896. The molecule has 0 unspecified atom stereocenters.